The predicted molar refractivity (Wildman–Crippen MR) is 131 cm³/mol. The van der Waals surface area contributed by atoms with Crippen LogP contribution in [0.15, 0.2) is 36.0 Å². The van der Waals surface area contributed by atoms with Crippen LogP contribution in [-0.4, -0.2) is 44.6 Å². The summed E-state index contributed by atoms with van der Waals surface area (Å²) in [4.78, 5) is 8.76. The van der Waals surface area contributed by atoms with E-state index < -0.39 is 38.6 Å². The van der Waals surface area contributed by atoms with E-state index in [2.05, 4.69) is 9.97 Å². The monoisotopic (exact) mass is 539 g/mol. The van der Waals surface area contributed by atoms with Crippen molar-refractivity contribution in [3.05, 3.63) is 52.7 Å². The van der Waals surface area contributed by atoms with Gasteiger partial charge in [-0.25, -0.2) is 24.6 Å². The van der Waals surface area contributed by atoms with Gasteiger partial charge in [0.25, 0.3) is 0 Å². The molecule has 0 amide bonds. The molecule has 11 nitrogen and oxygen atoms in total. The summed E-state index contributed by atoms with van der Waals surface area (Å²) in [6.07, 6.45) is 2.72. The maximum absolute atomic E-state index is 12.8. The number of fused-ring (bicyclic) bond motifs is 2. The van der Waals surface area contributed by atoms with Crippen LogP contribution in [0.1, 0.15) is 47.9 Å². The zero-order chi connectivity index (χ0) is 25.0. The second-order valence-electron chi connectivity index (χ2n) is 8.93. The third-order valence-electron chi connectivity index (χ3n) is 6.77. The van der Waals surface area contributed by atoms with Crippen molar-refractivity contribution in [3.63, 3.8) is 0 Å². The zero-order valence-corrected chi connectivity index (χ0v) is 21.0. The molecule has 2 aromatic heterocycles. The number of aromatic nitrogens is 2. The summed E-state index contributed by atoms with van der Waals surface area (Å²) in [6.45, 7) is -0.209. The lowest BCUT2D eigenvalue weighted by Crippen LogP contribution is -2.39. The fraction of sp³-hybridized carbons (Fsp3) is 0.429. The topological polar surface area (TPSA) is 179 Å². The Kier molecular flexibility index (Phi) is 6.32. The maximum atomic E-state index is 12.8. The molecule has 5 N–H and O–H groups in total. The fourth-order valence-corrected chi connectivity index (χ4v) is 7.71. The highest BCUT2D eigenvalue weighted by Gasteiger charge is 2.38. The van der Waals surface area contributed by atoms with Gasteiger partial charge in [0.05, 0.1) is 29.0 Å². The molecular weight excluding hydrogens is 514 g/mol. The smallest absolute Gasteiger partial charge is 0.333 e. The molecule has 0 bridgehead atoms. The third-order valence-corrected chi connectivity index (χ3v) is 9.20. The van der Waals surface area contributed by atoms with Gasteiger partial charge in [-0.15, -0.1) is 11.3 Å². The molecular formula is C21H25N5O6S3. The number of aliphatic hydroxyl groups excluding tert-OH is 1. The van der Waals surface area contributed by atoms with Crippen LogP contribution in [0.5, 0.6) is 0 Å². The van der Waals surface area contributed by atoms with Crippen LogP contribution in [0.2, 0.25) is 0 Å². The average molecular weight is 540 g/mol. The van der Waals surface area contributed by atoms with Crippen molar-refractivity contribution in [3.8, 4) is 0 Å². The van der Waals surface area contributed by atoms with Crippen molar-refractivity contribution in [2.75, 3.05) is 10.9 Å². The molecule has 188 valence electrons. The van der Waals surface area contributed by atoms with Gasteiger partial charge in [-0.3, -0.25) is 4.18 Å². The number of nitrogens with two attached hydrogens (primary N) is 2. The number of benzene rings is 1. The minimum atomic E-state index is -4.16. The Morgan fingerprint density at radius 3 is 2.63 bits per heavy atom. The molecule has 35 heavy (non-hydrogen) atoms. The first-order valence-corrected chi connectivity index (χ1v) is 14.9. The summed E-state index contributed by atoms with van der Waals surface area (Å²) >= 11 is 1.32. The lowest BCUT2D eigenvalue weighted by atomic mass is 9.98. The van der Waals surface area contributed by atoms with Crippen LogP contribution in [-0.2, 0) is 31.1 Å². The lowest BCUT2D eigenvalue weighted by molar-refractivity contribution is 0.101. The Morgan fingerprint density at radius 2 is 1.89 bits per heavy atom. The zero-order valence-electron chi connectivity index (χ0n) is 18.5. The van der Waals surface area contributed by atoms with Gasteiger partial charge in [-0.1, -0.05) is 24.3 Å². The van der Waals surface area contributed by atoms with Crippen LogP contribution in [0.3, 0.4) is 0 Å². The predicted octanol–water partition coefficient (Wildman–Crippen LogP) is 1.46. The quantitative estimate of drug-likeness (QED) is 0.404. The molecule has 4 atom stereocenters. The number of nitrogens with zero attached hydrogens (tertiary/aromatic N) is 3. The fourth-order valence-electron chi connectivity index (χ4n) is 5.25. The van der Waals surface area contributed by atoms with E-state index in [0.717, 1.165) is 23.1 Å². The molecule has 1 fully saturated rings. The van der Waals surface area contributed by atoms with Crippen molar-refractivity contribution in [2.24, 2.45) is 16.2 Å². The molecule has 0 spiro atoms. The van der Waals surface area contributed by atoms with Gasteiger partial charge in [0, 0.05) is 5.92 Å². The summed E-state index contributed by atoms with van der Waals surface area (Å²) in [5.41, 5.74) is 3.41. The van der Waals surface area contributed by atoms with Gasteiger partial charge >= 0.3 is 20.5 Å². The SMILES string of the molecule is NS(=O)(=O)OC[C@@H]1C[C@@H](c2csc3c(N([C@@H]4CCc5ccccc54)S(N)(=O)=O)ncnc23)C[C@@H]1O. The van der Waals surface area contributed by atoms with Gasteiger partial charge < -0.3 is 5.11 Å². The average Bonchev–Trinajstić information content (AvgIpc) is 3.48. The van der Waals surface area contributed by atoms with Crippen molar-refractivity contribution in [2.45, 2.75) is 43.7 Å². The maximum Gasteiger partial charge on any atom is 0.333 e. The van der Waals surface area contributed by atoms with E-state index in [9.17, 15) is 21.9 Å². The Hall–Kier alpha value is -2.20. The summed E-state index contributed by atoms with van der Waals surface area (Å²) < 4.78 is 54.4. The number of thiophene rings is 1. The molecule has 14 heteroatoms. The molecule has 0 radical (unpaired) electrons. The molecule has 3 aromatic rings. The summed E-state index contributed by atoms with van der Waals surface area (Å²) in [6, 6.07) is 7.22. The van der Waals surface area contributed by atoms with E-state index >= 15 is 0 Å². The van der Waals surface area contributed by atoms with E-state index in [-0.39, 0.29) is 18.3 Å². The Balaban J connectivity index is 1.50. The molecule has 0 unspecified atom stereocenters. The highest BCUT2D eigenvalue weighted by Crippen LogP contribution is 2.46. The first kappa shape index (κ1) is 24.5. The minimum Gasteiger partial charge on any atom is -0.393 e. The molecule has 0 aliphatic heterocycles. The Morgan fingerprint density at radius 1 is 1.11 bits per heavy atom. The van der Waals surface area contributed by atoms with Crippen molar-refractivity contribution < 1.29 is 26.1 Å². The molecule has 2 heterocycles. The lowest BCUT2D eigenvalue weighted by Gasteiger charge is -2.28. The van der Waals surface area contributed by atoms with Gasteiger partial charge in [0.2, 0.25) is 0 Å². The number of anilines is 1. The Bertz CT molecular complexity index is 1480. The molecule has 1 aromatic carbocycles. The van der Waals surface area contributed by atoms with E-state index in [1.54, 1.807) is 0 Å². The van der Waals surface area contributed by atoms with Crippen molar-refractivity contribution in [1.29, 1.82) is 0 Å². The van der Waals surface area contributed by atoms with Gasteiger partial charge in [-0.05, 0) is 53.7 Å². The number of aryl methyl sites for hydroxylation is 1. The number of hydrogen-bond acceptors (Lipinski definition) is 9. The first-order chi connectivity index (χ1) is 16.5. The van der Waals surface area contributed by atoms with Crippen molar-refractivity contribution >= 4 is 47.9 Å². The second kappa shape index (κ2) is 9.03. The second-order valence-corrected chi connectivity index (χ2v) is 12.5. The van der Waals surface area contributed by atoms with Gasteiger partial charge in [0.1, 0.15) is 6.33 Å². The van der Waals surface area contributed by atoms with Gasteiger partial charge in [-0.2, -0.15) is 16.8 Å². The van der Waals surface area contributed by atoms with Crippen LogP contribution < -0.4 is 14.6 Å². The highest BCUT2D eigenvalue weighted by molar-refractivity contribution is 7.90. The molecule has 2 aliphatic carbocycles. The molecule has 0 saturated heterocycles. The number of rotatable bonds is 7. The molecule has 1 saturated carbocycles. The largest absolute Gasteiger partial charge is 0.393 e. The Labute approximate surface area is 207 Å². The standard InChI is InChI=1S/C21H25N5O6S3/c22-34(28,29)26(17-6-5-12-3-1-2-4-15(12)17)21-20-19(24-11-25-21)16(10-33-20)13-7-14(18(27)8-13)9-32-35(23,30)31/h1-4,10-11,13-14,17-18,27H,5-9H2,(H2,22,28,29)(H2,23,30,31)/t13-,14+,17-,18+/m1/s1. The third kappa shape index (κ3) is 4.79. The van der Waals surface area contributed by atoms with E-state index in [1.807, 2.05) is 29.6 Å². The summed E-state index contributed by atoms with van der Waals surface area (Å²) in [5, 5.41) is 23.0. The number of hydrogen-bond donors (Lipinski definition) is 3. The van der Waals surface area contributed by atoms with E-state index in [4.69, 9.17) is 14.5 Å². The molecule has 5 rings (SSSR count). The van der Waals surface area contributed by atoms with Crippen molar-refractivity contribution in [1.82, 2.24) is 9.97 Å². The van der Waals surface area contributed by atoms with Crippen LogP contribution >= 0.6 is 11.3 Å². The molecule has 2 aliphatic rings. The first-order valence-electron chi connectivity index (χ1n) is 11.0. The highest BCUT2D eigenvalue weighted by atomic mass is 32.2. The van der Waals surface area contributed by atoms with Crippen LogP contribution in [0.25, 0.3) is 10.2 Å². The normalized spacial score (nSPS) is 24.7. The summed E-state index contributed by atoms with van der Waals surface area (Å²) in [7, 11) is -8.26. The van der Waals surface area contributed by atoms with Gasteiger partial charge in [0.15, 0.2) is 5.82 Å². The minimum absolute atomic E-state index is 0.120. The van der Waals surface area contributed by atoms with Crippen LogP contribution in [0.4, 0.5) is 5.82 Å². The summed E-state index contributed by atoms with van der Waals surface area (Å²) in [5.74, 6) is -0.306. The number of aliphatic hydroxyl groups is 1. The van der Waals surface area contributed by atoms with Crippen LogP contribution in [0, 0.1) is 5.92 Å². The van der Waals surface area contributed by atoms with E-state index in [0.29, 0.717) is 29.5 Å². The van der Waals surface area contributed by atoms with E-state index in [1.165, 1.54) is 22.0 Å².